The van der Waals surface area contributed by atoms with Crippen molar-refractivity contribution in [3.8, 4) is 5.75 Å². The normalized spacial score (nSPS) is 11.5. The van der Waals surface area contributed by atoms with E-state index in [1.165, 1.54) is 53.2 Å². The van der Waals surface area contributed by atoms with E-state index in [0.29, 0.717) is 79.5 Å². The van der Waals surface area contributed by atoms with Gasteiger partial charge in [0, 0.05) is 42.6 Å². The molecule has 0 radical (unpaired) electrons. The number of hydrogen-bond acceptors (Lipinski definition) is 19. The summed E-state index contributed by atoms with van der Waals surface area (Å²) in [5.74, 6) is 0.349. The minimum absolute atomic E-state index is 0.00972. The summed E-state index contributed by atoms with van der Waals surface area (Å²) < 4.78 is 47.9. The molecule has 0 heterocycles. The molecule has 109 heavy (non-hydrogen) atoms. The molecule has 0 aliphatic rings. The summed E-state index contributed by atoms with van der Waals surface area (Å²) in [6.45, 7) is 54.7. The molecule has 604 valence electrons. The number of rotatable bonds is 36. The quantitative estimate of drug-likeness (QED) is 0.0169. The van der Waals surface area contributed by atoms with Gasteiger partial charge >= 0.3 is 47.8 Å². The van der Waals surface area contributed by atoms with Crippen molar-refractivity contribution in [1.82, 2.24) is 0 Å². The lowest BCUT2D eigenvalue weighted by Crippen LogP contribution is -2.25. The number of ether oxygens (including phenoxy) is 10. The van der Waals surface area contributed by atoms with Crippen molar-refractivity contribution in [2.24, 2.45) is 0 Å². The Morgan fingerprint density at radius 3 is 1.05 bits per heavy atom. The Morgan fingerprint density at radius 2 is 0.716 bits per heavy atom. The van der Waals surface area contributed by atoms with Crippen LogP contribution in [0.15, 0.2) is 215 Å². The van der Waals surface area contributed by atoms with Crippen molar-refractivity contribution < 1.29 is 90.8 Å². The van der Waals surface area contributed by atoms with Crippen LogP contribution in [-0.2, 0) is 76.2 Å². The fourth-order valence-corrected chi connectivity index (χ4v) is 7.78. The van der Waals surface area contributed by atoms with Gasteiger partial charge in [-0.15, -0.1) is 0 Å². The van der Waals surface area contributed by atoms with Crippen LogP contribution in [0.1, 0.15) is 223 Å². The van der Waals surface area contributed by atoms with Crippen molar-refractivity contribution in [3.63, 3.8) is 0 Å². The van der Waals surface area contributed by atoms with Crippen molar-refractivity contribution in [2.75, 3.05) is 66.1 Å². The van der Waals surface area contributed by atoms with Crippen LogP contribution in [0.2, 0.25) is 0 Å². The highest BCUT2D eigenvalue weighted by Gasteiger charge is 2.13. The van der Waals surface area contributed by atoms with Crippen LogP contribution in [0.5, 0.6) is 5.75 Å². The van der Waals surface area contributed by atoms with E-state index in [2.05, 4.69) is 219 Å². The molecule has 1 N–H and O–H groups in total. The van der Waals surface area contributed by atoms with Gasteiger partial charge in [-0.05, 0) is 155 Å². The van der Waals surface area contributed by atoms with Gasteiger partial charge in [0.05, 0.1) is 37.9 Å². The van der Waals surface area contributed by atoms with E-state index in [9.17, 15) is 43.5 Å². The van der Waals surface area contributed by atoms with Gasteiger partial charge in [0.25, 0.3) is 0 Å². The van der Waals surface area contributed by atoms with Crippen LogP contribution in [0.25, 0.3) is 0 Å². The SMILES string of the molecule is C=C(C)C(=O)OCC(O)COc1ccc(C(C)CC)cc1.C=CC(=O)OC(C)CC.C=CC(=O)OCC.C=CC(=O)OCCC(=O)OCC.C=CC(=O)OCCOC(=O)c1ccc(C(C)CC)cc1.C=CC(=O)OCCOCC.CCC(C)c1ccccc1.CCC(C)c1ccccc1.CCC(C)c1ccccc1. The number of aliphatic hydroxyl groups excluding tert-OH is 1. The summed E-state index contributed by atoms with van der Waals surface area (Å²) in [5, 5.41) is 9.69. The first kappa shape index (κ1) is 105. The highest BCUT2D eigenvalue weighted by atomic mass is 16.6. The van der Waals surface area contributed by atoms with E-state index < -0.39 is 36.0 Å². The molecule has 7 unspecified atom stereocenters. The summed E-state index contributed by atoms with van der Waals surface area (Å²) >= 11 is 0. The zero-order valence-corrected chi connectivity index (χ0v) is 68.3. The molecular formula is C90H130O19. The predicted octanol–water partition coefficient (Wildman–Crippen LogP) is 19.4. The summed E-state index contributed by atoms with van der Waals surface area (Å²) in [7, 11) is 0. The summed E-state index contributed by atoms with van der Waals surface area (Å²) in [6.07, 6.45) is 11.5. The third-order valence-electron chi connectivity index (χ3n) is 15.6. The third kappa shape index (κ3) is 59.7. The van der Waals surface area contributed by atoms with Crippen LogP contribution < -0.4 is 4.74 Å². The number of aliphatic hydroxyl groups is 1. The Bertz CT molecular complexity index is 3130. The molecule has 5 rings (SSSR count). The maximum Gasteiger partial charge on any atom is 0.338 e. The number of benzene rings is 5. The van der Waals surface area contributed by atoms with Crippen molar-refractivity contribution in [2.45, 2.75) is 198 Å². The van der Waals surface area contributed by atoms with Crippen LogP contribution in [-0.4, -0.2) is 131 Å². The molecule has 5 aromatic carbocycles. The lowest BCUT2D eigenvalue weighted by molar-refractivity contribution is -0.147. The molecule has 5 aromatic rings. The van der Waals surface area contributed by atoms with Gasteiger partial charge in [0.15, 0.2) is 0 Å². The molecule has 0 aliphatic carbocycles. The second-order valence-electron chi connectivity index (χ2n) is 24.1. The Labute approximate surface area is 653 Å². The highest BCUT2D eigenvalue weighted by Crippen LogP contribution is 2.23. The van der Waals surface area contributed by atoms with E-state index >= 15 is 0 Å². The fourth-order valence-electron chi connectivity index (χ4n) is 7.78. The fraction of sp³-hybridized carbons (Fsp3) is 0.444. The maximum absolute atomic E-state index is 11.7. The first-order chi connectivity index (χ1) is 52.1. The van der Waals surface area contributed by atoms with E-state index in [0.717, 1.165) is 43.6 Å². The molecule has 7 atom stereocenters. The van der Waals surface area contributed by atoms with Gasteiger partial charge < -0.3 is 52.5 Å². The van der Waals surface area contributed by atoms with Gasteiger partial charge in [-0.2, -0.15) is 0 Å². The van der Waals surface area contributed by atoms with E-state index in [1.807, 2.05) is 57.2 Å². The van der Waals surface area contributed by atoms with Crippen LogP contribution in [0.4, 0.5) is 0 Å². The van der Waals surface area contributed by atoms with E-state index in [4.69, 9.17) is 28.4 Å². The topological polar surface area (TPSA) is 249 Å². The summed E-state index contributed by atoms with van der Waals surface area (Å²) in [4.78, 5) is 85.7. The molecule has 0 amide bonds. The van der Waals surface area contributed by atoms with Crippen LogP contribution in [0, 0.1) is 0 Å². The zero-order valence-electron chi connectivity index (χ0n) is 68.3. The van der Waals surface area contributed by atoms with Gasteiger partial charge in [-0.1, -0.05) is 231 Å². The summed E-state index contributed by atoms with van der Waals surface area (Å²) in [5.41, 5.74) is 7.61. The lowest BCUT2D eigenvalue weighted by Gasteiger charge is -2.14. The van der Waals surface area contributed by atoms with Gasteiger partial charge in [0.2, 0.25) is 0 Å². The Balaban J connectivity index is -0.000000582. The predicted molar refractivity (Wildman–Crippen MR) is 437 cm³/mol. The van der Waals surface area contributed by atoms with Gasteiger partial charge in [-0.25, -0.2) is 33.6 Å². The molecular weight excluding hydrogens is 1380 g/mol. The second-order valence-corrected chi connectivity index (χ2v) is 24.1. The molecule has 0 spiro atoms. The number of esters is 8. The maximum atomic E-state index is 11.7. The van der Waals surface area contributed by atoms with Gasteiger partial charge in [-0.3, -0.25) is 4.79 Å². The molecule has 0 fully saturated rings. The van der Waals surface area contributed by atoms with E-state index in [1.54, 1.807) is 32.9 Å². The molecule has 0 aliphatic heterocycles. The Hall–Kier alpha value is -9.98. The second kappa shape index (κ2) is 71.0. The average Bonchev–Trinajstić information content (AvgIpc) is 0.884. The van der Waals surface area contributed by atoms with Crippen molar-refractivity contribution in [1.29, 1.82) is 0 Å². The highest BCUT2D eigenvalue weighted by molar-refractivity contribution is 5.89. The van der Waals surface area contributed by atoms with Crippen LogP contribution in [0.3, 0.4) is 0 Å². The minimum atomic E-state index is -0.859. The molecule has 0 saturated heterocycles. The molecule has 0 saturated carbocycles. The third-order valence-corrected chi connectivity index (χ3v) is 15.6. The minimum Gasteiger partial charge on any atom is -0.491 e. The van der Waals surface area contributed by atoms with Crippen LogP contribution >= 0.6 is 0 Å². The first-order valence-corrected chi connectivity index (χ1v) is 37.5. The lowest BCUT2D eigenvalue weighted by atomic mass is 9.98. The molecule has 0 aromatic heterocycles. The standard InChI is InChI=1S/C17H24O4.C16H20O4.3C10H14.C8H12O4.C7H12O3.C7H12O2.C5H8O2/c1-5-13(4)14-6-8-16(9-7-14)20-10-15(18)11-21-17(19)12(2)3;1-4-12(3)13-6-8-14(9-7-13)16(18)20-11-10-19-15(17)5-2;3*1-3-9(2)10-7-5-4-6-8-10;1-3-7(9)12-6-5-8(10)11-4-2;1-3-7(8)10-6-5-9-4-2;1-4-6(3)9-7(8)5-2;1-3-5(6)7-4-2/h6-9,13,15,18H,2,5,10-11H2,1,3-4H3;5-9,12H,2,4,10-11H2,1,3H3;3*4-9H,3H2,1-2H3;3H,1,4-6H2,2H3;3H,1,4-6H2,2H3;5-6H,2,4H2,1,3H3;3H,1,4H2,2H3. The Morgan fingerprint density at radius 1 is 0.376 bits per heavy atom. The first-order valence-electron chi connectivity index (χ1n) is 37.5. The van der Waals surface area contributed by atoms with Crippen molar-refractivity contribution >= 4 is 47.8 Å². The number of carbonyl (C=O) groups is 8. The number of carbonyl (C=O) groups excluding carboxylic acids is 8. The van der Waals surface area contributed by atoms with Crippen molar-refractivity contribution in [3.05, 3.63) is 248 Å². The monoisotopic (exact) mass is 1510 g/mol. The molecule has 0 bridgehead atoms. The largest absolute Gasteiger partial charge is 0.491 e. The zero-order chi connectivity index (χ0) is 83.2. The van der Waals surface area contributed by atoms with E-state index in [-0.39, 0.29) is 63.5 Å². The van der Waals surface area contributed by atoms with Gasteiger partial charge in [0.1, 0.15) is 51.5 Å². The summed E-state index contributed by atoms with van der Waals surface area (Å²) in [6, 6.07) is 47.1. The average molecular weight is 1520 g/mol. The Kier molecular flexibility index (Phi) is 68.6. The number of hydrogen-bond donors (Lipinski definition) is 1. The molecule has 19 heteroatoms. The smallest absolute Gasteiger partial charge is 0.338 e. The molecule has 19 nitrogen and oxygen atoms in total.